The Balaban J connectivity index is 1.90. The molecule has 8 heteroatoms. The molecule has 1 aliphatic carbocycles. The lowest BCUT2D eigenvalue weighted by Gasteiger charge is -2.19. The molecular weight excluding hydrogens is 333 g/mol. The molecule has 1 aliphatic rings. The third-order valence-electron chi connectivity index (χ3n) is 3.26. The van der Waals surface area contributed by atoms with Gasteiger partial charge in [-0.2, -0.15) is 12.7 Å². The molecule has 2 rings (SSSR count). The van der Waals surface area contributed by atoms with E-state index < -0.39 is 10.2 Å². The first kappa shape index (κ1) is 16.8. The molecule has 1 fully saturated rings. The van der Waals surface area contributed by atoms with Crippen LogP contribution in [0.3, 0.4) is 0 Å². The smallest absolute Gasteiger partial charge is 0.301 e. The zero-order valence-corrected chi connectivity index (χ0v) is 14.1. The Labute approximate surface area is 135 Å². The van der Waals surface area contributed by atoms with Gasteiger partial charge in [0, 0.05) is 19.6 Å². The number of hydrogen-bond donors (Lipinski definition) is 2. The van der Waals surface area contributed by atoms with E-state index in [4.69, 9.17) is 23.2 Å². The Morgan fingerprint density at radius 1 is 1.29 bits per heavy atom. The molecule has 5 nitrogen and oxygen atoms in total. The first-order chi connectivity index (χ1) is 9.90. The molecule has 0 unspecified atom stereocenters. The molecule has 0 aromatic heterocycles. The van der Waals surface area contributed by atoms with Gasteiger partial charge in [-0.15, -0.1) is 0 Å². The third kappa shape index (κ3) is 5.00. The van der Waals surface area contributed by atoms with Crippen molar-refractivity contribution in [2.75, 3.05) is 24.9 Å². The maximum atomic E-state index is 12.2. The minimum absolute atomic E-state index is 0.212. The number of anilines is 1. The first-order valence-corrected chi connectivity index (χ1v) is 9.01. The van der Waals surface area contributed by atoms with Gasteiger partial charge in [0.15, 0.2) is 0 Å². The number of nitrogens with zero attached hydrogens (tertiary/aromatic N) is 1. The van der Waals surface area contributed by atoms with Gasteiger partial charge in [0.1, 0.15) is 0 Å². The summed E-state index contributed by atoms with van der Waals surface area (Å²) in [7, 11) is -2.12. The molecule has 0 radical (unpaired) electrons. The van der Waals surface area contributed by atoms with Gasteiger partial charge in [0.05, 0.1) is 15.7 Å². The van der Waals surface area contributed by atoms with Crippen LogP contribution in [-0.4, -0.2) is 38.9 Å². The highest BCUT2D eigenvalue weighted by Crippen LogP contribution is 2.30. The molecule has 1 aromatic rings. The fourth-order valence-electron chi connectivity index (χ4n) is 1.82. The molecular formula is C13H19Cl2N3O2S. The van der Waals surface area contributed by atoms with E-state index in [0.717, 1.165) is 13.0 Å². The van der Waals surface area contributed by atoms with E-state index in [1.165, 1.54) is 24.2 Å². The molecule has 0 spiro atoms. The molecule has 1 aromatic carbocycles. The van der Waals surface area contributed by atoms with Gasteiger partial charge < -0.3 is 5.32 Å². The Morgan fingerprint density at radius 2 is 1.90 bits per heavy atom. The molecule has 0 aliphatic heterocycles. The highest BCUT2D eigenvalue weighted by molar-refractivity contribution is 7.90. The van der Waals surface area contributed by atoms with Crippen molar-refractivity contribution >= 4 is 39.1 Å². The number of hydrogen-bond acceptors (Lipinski definition) is 3. The Bertz CT molecular complexity index is 571. The predicted molar refractivity (Wildman–Crippen MR) is 87.3 cm³/mol. The lowest BCUT2D eigenvalue weighted by molar-refractivity contribution is 0.458. The van der Waals surface area contributed by atoms with Crippen LogP contribution in [0.5, 0.6) is 0 Å². The van der Waals surface area contributed by atoms with E-state index >= 15 is 0 Å². The largest absolute Gasteiger partial charge is 0.314 e. The van der Waals surface area contributed by atoms with Gasteiger partial charge in [-0.25, -0.2) is 0 Å². The fraction of sp³-hybridized carbons (Fsp3) is 0.538. The van der Waals surface area contributed by atoms with Crippen molar-refractivity contribution in [3.05, 3.63) is 28.2 Å². The summed E-state index contributed by atoms with van der Waals surface area (Å²) in [4.78, 5) is 0. The Hall–Kier alpha value is -0.530. The average Bonchev–Trinajstić information content (AvgIpc) is 3.23. The van der Waals surface area contributed by atoms with Crippen LogP contribution in [0.2, 0.25) is 10.0 Å². The highest BCUT2D eigenvalue weighted by atomic mass is 35.5. The summed E-state index contributed by atoms with van der Waals surface area (Å²) in [5.41, 5.74) is 0.212. The summed E-state index contributed by atoms with van der Waals surface area (Å²) >= 11 is 11.9. The highest BCUT2D eigenvalue weighted by Gasteiger charge is 2.22. The van der Waals surface area contributed by atoms with Crippen LogP contribution >= 0.6 is 23.2 Å². The van der Waals surface area contributed by atoms with Crippen LogP contribution in [-0.2, 0) is 10.2 Å². The van der Waals surface area contributed by atoms with Crippen molar-refractivity contribution in [2.24, 2.45) is 0 Å². The molecule has 2 N–H and O–H groups in total. The number of halogens is 2. The fourth-order valence-corrected chi connectivity index (χ4v) is 3.42. The minimum Gasteiger partial charge on any atom is -0.314 e. The van der Waals surface area contributed by atoms with Gasteiger partial charge in [0.2, 0.25) is 0 Å². The lowest BCUT2D eigenvalue weighted by atomic mass is 10.3. The van der Waals surface area contributed by atoms with Crippen molar-refractivity contribution in [1.82, 2.24) is 9.62 Å². The number of para-hydroxylation sites is 1. The first-order valence-electron chi connectivity index (χ1n) is 6.81. The molecule has 0 heterocycles. The van der Waals surface area contributed by atoms with Gasteiger partial charge in [-0.05, 0) is 37.9 Å². The lowest BCUT2D eigenvalue weighted by Crippen LogP contribution is -2.34. The van der Waals surface area contributed by atoms with Crippen molar-refractivity contribution < 1.29 is 8.42 Å². The maximum absolute atomic E-state index is 12.2. The molecule has 21 heavy (non-hydrogen) atoms. The molecule has 118 valence electrons. The van der Waals surface area contributed by atoms with E-state index in [2.05, 4.69) is 10.0 Å². The summed E-state index contributed by atoms with van der Waals surface area (Å²) < 4.78 is 28.1. The number of benzene rings is 1. The quantitative estimate of drug-likeness (QED) is 0.708. The van der Waals surface area contributed by atoms with Crippen LogP contribution in [0.4, 0.5) is 5.69 Å². The standard InChI is InChI=1S/C13H19Cl2N3O2S/c1-18(9-3-8-16-10-6-7-10)21(19,20)17-13-11(14)4-2-5-12(13)15/h2,4-5,10,16-17H,3,6-9H2,1H3. The molecule has 0 bridgehead atoms. The van der Waals surface area contributed by atoms with Crippen LogP contribution < -0.4 is 10.0 Å². The zero-order chi connectivity index (χ0) is 15.5. The van der Waals surface area contributed by atoms with Gasteiger partial charge in [0.25, 0.3) is 0 Å². The van der Waals surface area contributed by atoms with E-state index in [1.54, 1.807) is 18.2 Å². The van der Waals surface area contributed by atoms with Crippen molar-refractivity contribution in [1.29, 1.82) is 0 Å². The summed E-state index contributed by atoms with van der Waals surface area (Å²) in [6, 6.07) is 5.47. The average molecular weight is 352 g/mol. The van der Waals surface area contributed by atoms with Crippen LogP contribution in [0.25, 0.3) is 0 Å². The minimum atomic E-state index is -3.66. The van der Waals surface area contributed by atoms with E-state index in [1.807, 2.05) is 0 Å². The summed E-state index contributed by atoms with van der Waals surface area (Å²) in [5, 5.41) is 3.89. The maximum Gasteiger partial charge on any atom is 0.301 e. The number of rotatable bonds is 8. The van der Waals surface area contributed by atoms with Gasteiger partial charge in [-0.1, -0.05) is 29.3 Å². The zero-order valence-electron chi connectivity index (χ0n) is 11.8. The molecule has 0 saturated heterocycles. The SMILES string of the molecule is CN(CCCNC1CC1)S(=O)(=O)Nc1c(Cl)cccc1Cl. The van der Waals surface area contributed by atoms with Crippen LogP contribution in [0.1, 0.15) is 19.3 Å². The molecule has 1 saturated carbocycles. The Kier molecular flexibility index (Phi) is 5.73. The van der Waals surface area contributed by atoms with Crippen LogP contribution in [0, 0.1) is 0 Å². The second-order valence-corrected chi connectivity index (χ2v) is 7.70. The summed E-state index contributed by atoms with van der Waals surface area (Å²) in [5.74, 6) is 0. The van der Waals surface area contributed by atoms with Gasteiger partial charge in [-0.3, -0.25) is 4.72 Å². The second-order valence-electron chi connectivity index (χ2n) is 5.11. The predicted octanol–water partition coefficient (Wildman–Crippen LogP) is 2.72. The van der Waals surface area contributed by atoms with Crippen molar-refractivity contribution in [3.8, 4) is 0 Å². The normalized spacial score (nSPS) is 15.4. The second kappa shape index (κ2) is 7.15. The van der Waals surface area contributed by atoms with Crippen molar-refractivity contribution in [2.45, 2.75) is 25.3 Å². The van der Waals surface area contributed by atoms with Crippen molar-refractivity contribution in [3.63, 3.8) is 0 Å². The topological polar surface area (TPSA) is 61.4 Å². The summed E-state index contributed by atoms with van der Waals surface area (Å²) in [6.45, 7) is 1.24. The van der Waals surface area contributed by atoms with E-state index in [-0.39, 0.29) is 15.7 Å². The Morgan fingerprint density at radius 3 is 2.48 bits per heavy atom. The summed E-state index contributed by atoms with van der Waals surface area (Å²) in [6.07, 6.45) is 3.20. The number of nitrogens with one attached hydrogen (secondary N) is 2. The third-order valence-corrected chi connectivity index (χ3v) is 5.36. The van der Waals surface area contributed by atoms with Gasteiger partial charge >= 0.3 is 10.2 Å². The molecule has 0 atom stereocenters. The van der Waals surface area contributed by atoms with E-state index in [9.17, 15) is 8.42 Å². The monoisotopic (exact) mass is 351 g/mol. The molecule has 0 amide bonds. The van der Waals surface area contributed by atoms with E-state index in [0.29, 0.717) is 12.6 Å². The van der Waals surface area contributed by atoms with Crippen LogP contribution in [0.15, 0.2) is 18.2 Å².